The normalized spacial score (nSPS) is 30.5. The molecule has 1 aliphatic heterocycles. The number of ether oxygens (including phenoxy) is 1. The van der Waals surface area contributed by atoms with Gasteiger partial charge in [-0.25, -0.2) is 9.59 Å². The molecule has 3 unspecified atom stereocenters. The fourth-order valence-corrected chi connectivity index (χ4v) is 3.05. The molecule has 1 aliphatic carbocycles. The Balaban J connectivity index is 2.11. The van der Waals surface area contributed by atoms with E-state index in [0.29, 0.717) is 19.1 Å². The van der Waals surface area contributed by atoms with Crippen molar-refractivity contribution in [1.82, 2.24) is 10.2 Å². The molecule has 2 amide bonds. The van der Waals surface area contributed by atoms with E-state index in [2.05, 4.69) is 5.32 Å². The third-order valence-corrected chi connectivity index (χ3v) is 3.68. The second-order valence-electron chi connectivity index (χ2n) is 4.67. The van der Waals surface area contributed by atoms with E-state index in [1.807, 2.05) is 6.92 Å². The number of rotatable bonds is 3. The predicted molar refractivity (Wildman–Crippen MR) is 62.5 cm³/mol. The number of carbonyl (C=O) groups excluding carboxylic acids is 2. The number of carbonyl (C=O) groups is 2. The number of hydrogen-bond acceptors (Lipinski definition) is 3. The SMILES string of the molecule is CCNC(=O)N1C2CCC(C2)C1C(=O)OCC. The van der Waals surface area contributed by atoms with Crippen LogP contribution in [0.2, 0.25) is 0 Å². The molecule has 3 atom stereocenters. The molecule has 0 aromatic carbocycles. The van der Waals surface area contributed by atoms with E-state index in [1.165, 1.54) is 0 Å². The second kappa shape index (κ2) is 4.94. The van der Waals surface area contributed by atoms with Crippen molar-refractivity contribution in [3.8, 4) is 0 Å². The predicted octanol–water partition coefficient (Wildman–Crippen LogP) is 1.13. The zero-order valence-corrected chi connectivity index (χ0v) is 10.4. The highest BCUT2D eigenvalue weighted by atomic mass is 16.5. The maximum atomic E-state index is 12.0. The van der Waals surface area contributed by atoms with E-state index in [-0.39, 0.29) is 24.1 Å². The third-order valence-electron chi connectivity index (χ3n) is 3.68. The zero-order chi connectivity index (χ0) is 12.4. The lowest BCUT2D eigenvalue weighted by Gasteiger charge is -2.33. The van der Waals surface area contributed by atoms with Gasteiger partial charge in [0, 0.05) is 12.6 Å². The molecule has 5 heteroatoms. The Morgan fingerprint density at radius 1 is 1.35 bits per heavy atom. The topological polar surface area (TPSA) is 58.6 Å². The number of nitrogens with one attached hydrogen (secondary N) is 1. The van der Waals surface area contributed by atoms with Gasteiger partial charge in [-0.2, -0.15) is 0 Å². The Morgan fingerprint density at radius 3 is 2.76 bits per heavy atom. The van der Waals surface area contributed by atoms with Gasteiger partial charge in [-0.05, 0) is 39.0 Å². The lowest BCUT2D eigenvalue weighted by Crippen LogP contribution is -2.53. The van der Waals surface area contributed by atoms with Crippen LogP contribution in [-0.4, -0.2) is 42.1 Å². The molecule has 96 valence electrons. The minimum absolute atomic E-state index is 0.127. The van der Waals surface area contributed by atoms with Gasteiger partial charge >= 0.3 is 12.0 Å². The Labute approximate surface area is 101 Å². The lowest BCUT2D eigenvalue weighted by atomic mass is 9.99. The first-order valence-corrected chi connectivity index (χ1v) is 6.41. The monoisotopic (exact) mass is 240 g/mol. The van der Waals surface area contributed by atoms with E-state index >= 15 is 0 Å². The summed E-state index contributed by atoms with van der Waals surface area (Å²) >= 11 is 0. The van der Waals surface area contributed by atoms with Gasteiger partial charge in [0.2, 0.25) is 0 Å². The molecule has 0 spiro atoms. The summed E-state index contributed by atoms with van der Waals surface area (Å²) in [5, 5.41) is 2.78. The molecule has 1 heterocycles. The maximum absolute atomic E-state index is 12.0. The summed E-state index contributed by atoms with van der Waals surface area (Å²) in [7, 11) is 0. The number of piperidine rings is 1. The highest BCUT2D eigenvalue weighted by Gasteiger charge is 2.51. The van der Waals surface area contributed by atoms with Gasteiger partial charge in [0.25, 0.3) is 0 Å². The molecule has 17 heavy (non-hydrogen) atoms. The first kappa shape index (κ1) is 12.2. The van der Waals surface area contributed by atoms with Crippen LogP contribution in [-0.2, 0) is 9.53 Å². The summed E-state index contributed by atoms with van der Waals surface area (Å²) in [5.41, 5.74) is 0. The Morgan fingerprint density at radius 2 is 2.12 bits per heavy atom. The average Bonchev–Trinajstić information content (AvgIpc) is 2.89. The number of likely N-dealkylation sites (tertiary alicyclic amines) is 1. The number of amides is 2. The van der Waals surface area contributed by atoms with Crippen LogP contribution in [0.3, 0.4) is 0 Å². The van der Waals surface area contributed by atoms with Gasteiger partial charge in [-0.15, -0.1) is 0 Å². The van der Waals surface area contributed by atoms with E-state index in [4.69, 9.17) is 4.74 Å². The summed E-state index contributed by atoms with van der Waals surface area (Å²) < 4.78 is 5.08. The molecule has 0 aromatic rings. The van der Waals surface area contributed by atoms with Crippen molar-refractivity contribution in [3.05, 3.63) is 0 Å². The van der Waals surface area contributed by atoms with Crippen molar-refractivity contribution in [2.24, 2.45) is 5.92 Å². The Hall–Kier alpha value is -1.26. The van der Waals surface area contributed by atoms with Crippen LogP contribution >= 0.6 is 0 Å². The van der Waals surface area contributed by atoms with Gasteiger partial charge in [-0.1, -0.05) is 0 Å². The smallest absolute Gasteiger partial charge is 0.329 e. The van der Waals surface area contributed by atoms with Gasteiger partial charge in [0.05, 0.1) is 6.61 Å². The number of fused-ring (bicyclic) bond motifs is 2. The molecular weight excluding hydrogens is 220 g/mol. The van der Waals surface area contributed by atoms with Crippen LogP contribution in [0.25, 0.3) is 0 Å². The molecule has 2 fully saturated rings. The van der Waals surface area contributed by atoms with Crippen molar-refractivity contribution < 1.29 is 14.3 Å². The fourth-order valence-electron chi connectivity index (χ4n) is 3.05. The first-order chi connectivity index (χ1) is 8.19. The number of nitrogens with zero attached hydrogens (tertiary/aromatic N) is 1. The van der Waals surface area contributed by atoms with Crippen molar-refractivity contribution in [2.45, 2.75) is 45.2 Å². The van der Waals surface area contributed by atoms with Gasteiger partial charge in [-0.3, -0.25) is 0 Å². The molecule has 1 N–H and O–H groups in total. The Bertz CT molecular complexity index is 289. The number of hydrogen-bond donors (Lipinski definition) is 1. The highest BCUT2D eigenvalue weighted by molar-refractivity contribution is 5.85. The van der Waals surface area contributed by atoms with Gasteiger partial charge < -0.3 is 15.0 Å². The molecular formula is C12H20N2O3. The number of esters is 1. The van der Waals surface area contributed by atoms with Crippen LogP contribution in [0.4, 0.5) is 4.79 Å². The van der Waals surface area contributed by atoms with Crippen LogP contribution in [0.15, 0.2) is 0 Å². The van der Waals surface area contributed by atoms with E-state index in [9.17, 15) is 9.59 Å². The summed E-state index contributed by atoms with van der Waals surface area (Å²) in [5.74, 6) is 0.0487. The van der Waals surface area contributed by atoms with Gasteiger partial charge in [0.15, 0.2) is 0 Å². The van der Waals surface area contributed by atoms with Crippen molar-refractivity contribution >= 4 is 12.0 Å². The molecule has 5 nitrogen and oxygen atoms in total. The minimum Gasteiger partial charge on any atom is -0.464 e. The summed E-state index contributed by atoms with van der Waals surface area (Å²) in [6, 6.07) is -0.265. The van der Waals surface area contributed by atoms with Crippen molar-refractivity contribution in [1.29, 1.82) is 0 Å². The second-order valence-corrected chi connectivity index (χ2v) is 4.67. The van der Waals surface area contributed by atoms with Crippen molar-refractivity contribution in [3.63, 3.8) is 0 Å². The van der Waals surface area contributed by atoms with Crippen LogP contribution in [0.5, 0.6) is 0 Å². The quantitative estimate of drug-likeness (QED) is 0.752. The first-order valence-electron chi connectivity index (χ1n) is 6.41. The van der Waals surface area contributed by atoms with E-state index in [0.717, 1.165) is 19.3 Å². The average molecular weight is 240 g/mol. The van der Waals surface area contributed by atoms with Crippen LogP contribution < -0.4 is 5.32 Å². The standard InChI is InChI=1S/C12H20N2O3/c1-3-13-12(16)14-9-6-5-8(7-9)10(14)11(15)17-4-2/h8-10H,3-7H2,1-2H3,(H,13,16). The molecule has 2 aliphatic rings. The highest BCUT2D eigenvalue weighted by Crippen LogP contribution is 2.42. The van der Waals surface area contributed by atoms with Gasteiger partial charge in [0.1, 0.15) is 6.04 Å². The Kier molecular flexibility index (Phi) is 3.54. The number of urea groups is 1. The largest absolute Gasteiger partial charge is 0.464 e. The van der Waals surface area contributed by atoms with Crippen LogP contribution in [0.1, 0.15) is 33.1 Å². The molecule has 0 radical (unpaired) electrons. The van der Waals surface area contributed by atoms with E-state index in [1.54, 1.807) is 11.8 Å². The zero-order valence-electron chi connectivity index (χ0n) is 10.4. The van der Waals surface area contributed by atoms with Crippen LogP contribution in [0, 0.1) is 5.92 Å². The molecule has 1 saturated carbocycles. The van der Waals surface area contributed by atoms with Crippen molar-refractivity contribution in [2.75, 3.05) is 13.2 Å². The fraction of sp³-hybridized carbons (Fsp3) is 0.833. The molecule has 2 bridgehead atoms. The maximum Gasteiger partial charge on any atom is 0.329 e. The molecule has 1 saturated heterocycles. The molecule has 0 aromatic heterocycles. The summed E-state index contributed by atoms with van der Waals surface area (Å²) in [6.45, 7) is 4.63. The summed E-state index contributed by atoms with van der Waals surface area (Å²) in [6.07, 6.45) is 2.99. The minimum atomic E-state index is -0.361. The summed E-state index contributed by atoms with van der Waals surface area (Å²) in [4.78, 5) is 25.6. The molecule has 2 rings (SSSR count). The third kappa shape index (κ3) is 2.10. The lowest BCUT2D eigenvalue weighted by molar-refractivity contribution is -0.149. The van der Waals surface area contributed by atoms with E-state index < -0.39 is 0 Å².